The van der Waals surface area contributed by atoms with Crippen LogP contribution in [0.3, 0.4) is 0 Å². The molecule has 0 aliphatic heterocycles. The molecule has 0 aromatic carbocycles. The molecule has 0 aromatic heterocycles. The maximum absolute atomic E-state index is 11.5. The smallest absolute Gasteiger partial charge is 0.102 e. The molecule has 2 saturated carbocycles. The van der Waals surface area contributed by atoms with Crippen molar-refractivity contribution < 1.29 is 25.5 Å². The van der Waals surface area contributed by atoms with Crippen LogP contribution in [0, 0.1) is 16.7 Å². The number of aliphatic hydroxyl groups excluding tert-OH is 4. The summed E-state index contributed by atoms with van der Waals surface area (Å²) in [7, 11) is 0. The van der Waals surface area contributed by atoms with E-state index in [2.05, 4.69) is 0 Å². The second-order valence-electron chi connectivity index (χ2n) is 9.08. The van der Waals surface area contributed by atoms with E-state index >= 15 is 0 Å². The van der Waals surface area contributed by atoms with Gasteiger partial charge in [0, 0.05) is 17.3 Å². The molecule has 0 spiro atoms. The van der Waals surface area contributed by atoms with Crippen LogP contribution in [0.5, 0.6) is 0 Å². The summed E-state index contributed by atoms with van der Waals surface area (Å²) in [5.41, 5.74) is -1.64. The zero-order valence-electron chi connectivity index (χ0n) is 15.2. The van der Waals surface area contributed by atoms with Gasteiger partial charge in [0.1, 0.15) is 6.10 Å². The van der Waals surface area contributed by atoms with E-state index < -0.39 is 40.8 Å². The standard InChI is InChI=1S/C19H32O5/c1-10-12(20)9-19(24)8-11-6-5-7-13(21)18(11,4)16(23)15(22)14(10)17(19,2)3/h11-13,15-16,20-24H,5-9H2,1-4H3/t11?,12-,13-,15+,16-,18-,19-/m0/s1. The van der Waals surface area contributed by atoms with Gasteiger partial charge in [0.05, 0.1) is 23.9 Å². The maximum atomic E-state index is 11.5. The Morgan fingerprint density at radius 1 is 0.958 bits per heavy atom. The Kier molecular flexibility index (Phi) is 4.21. The molecule has 1 unspecified atom stereocenters. The Morgan fingerprint density at radius 3 is 2.21 bits per heavy atom. The van der Waals surface area contributed by atoms with E-state index in [9.17, 15) is 25.5 Å². The molecule has 0 amide bonds. The number of rotatable bonds is 0. The second-order valence-corrected chi connectivity index (χ2v) is 9.08. The van der Waals surface area contributed by atoms with Crippen molar-refractivity contribution in [3.8, 4) is 0 Å². The van der Waals surface area contributed by atoms with Crippen LogP contribution in [0.25, 0.3) is 0 Å². The van der Waals surface area contributed by atoms with Gasteiger partial charge in [-0.25, -0.2) is 0 Å². The average Bonchev–Trinajstić information content (AvgIpc) is 2.48. The highest BCUT2D eigenvalue weighted by Gasteiger charge is 2.62. The van der Waals surface area contributed by atoms with Crippen LogP contribution in [-0.2, 0) is 0 Å². The van der Waals surface area contributed by atoms with Crippen molar-refractivity contribution in [2.45, 2.75) is 89.8 Å². The predicted molar refractivity (Wildman–Crippen MR) is 90.1 cm³/mol. The van der Waals surface area contributed by atoms with Crippen molar-refractivity contribution in [2.24, 2.45) is 16.7 Å². The summed E-state index contributed by atoms with van der Waals surface area (Å²) in [5, 5.41) is 54.6. The number of hydrogen-bond acceptors (Lipinski definition) is 5. The first kappa shape index (κ1) is 18.3. The number of hydrogen-bond donors (Lipinski definition) is 5. The van der Waals surface area contributed by atoms with Crippen molar-refractivity contribution in [3.05, 3.63) is 11.1 Å². The summed E-state index contributed by atoms with van der Waals surface area (Å²) in [6.07, 6.45) is -1.01. The lowest BCUT2D eigenvalue weighted by Crippen LogP contribution is -2.64. The van der Waals surface area contributed by atoms with Gasteiger partial charge in [-0.2, -0.15) is 0 Å². The van der Waals surface area contributed by atoms with Crippen LogP contribution in [0.4, 0.5) is 0 Å². The van der Waals surface area contributed by atoms with E-state index in [1.165, 1.54) is 0 Å². The maximum Gasteiger partial charge on any atom is 0.102 e. The summed E-state index contributed by atoms with van der Waals surface area (Å²) in [4.78, 5) is 0. The molecule has 5 N–H and O–H groups in total. The van der Waals surface area contributed by atoms with E-state index in [1.807, 2.05) is 20.8 Å². The van der Waals surface area contributed by atoms with Crippen LogP contribution >= 0.6 is 0 Å². The van der Waals surface area contributed by atoms with Gasteiger partial charge in [0.15, 0.2) is 0 Å². The lowest BCUT2D eigenvalue weighted by atomic mass is 9.49. The fourth-order valence-corrected chi connectivity index (χ4v) is 5.71. The van der Waals surface area contributed by atoms with Crippen LogP contribution in [0.15, 0.2) is 11.1 Å². The normalized spacial score (nSPS) is 51.6. The van der Waals surface area contributed by atoms with Gasteiger partial charge in [0.2, 0.25) is 0 Å². The van der Waals surface area contributed by atoms with Gasteiger partial charge in [-0.3, -0.25) is 0 Å². The van der Waals surface area contributed by atoms with Gasteiger partial charge in [-0.1, -0.05) is 27.2 Å². The molecule has 24 heavy (non-hydrogen) atoms. The third kappa shape index (κ3) is 2.18. The fraction of sp³-hybridized carbons (Fsp3) is 0.895. The molecule has 0 aromatic rings. The van der Waals surface area contributed by atoms with Crippen molar-refractivity contribution in [1.82, 2.24) is 0 Å². The zero-order valence-corrected chi connectivity index (χ0v) is 15.2. The molecule has 5 nitrogen and oxygen atoms in total. The largest absolute Gasteiger partial charge is 0.392 e. The molecule has 7 atom stereocenters. The van der Waals surface area contributed by atoms with Gasteiger partial charge in [0.25, 0.3) is 0 Å². The first-order chi connectivity index (χ1) is 11.0. The SMILES string of the molecule is CC1=C2[C@@H](O)[C@H](O)[C@@]3(C)C(CCC[C@@H]3O)C[C@](O)(C[C@@H]1O)C2(C)C. The highest BCUT2D eigenvalue weighted by Crippen LogP contribution is 2.59. The molecule has 5 heteroatoms. The van der Waals surface area contributed by atoms with Gasteiger partial charge < -0.3 is 25.5 Å². The number of aliphatic hydroxyl groups is 5. The molecular weight excluding hydrogens is 308 g/mol. The summed E-state index contributed by atoms with van der Waals surface area (Å²) < 4.78 is 0. The van der Waals surface area contributed by atoms with E-state index in [-0.39, 0.29) is 12.3 Å². The van der Waals surface area contributed by atoms with E-state index in [0.29, 0.717) is 24.0 Å². The van der Waals surface area contributed by atoms with E-state index in [0.717, 1.165) is 12.8 Å². The molecule has 3 aliphatic carbocycles. The first-order valence-electron chi connectivity index (χ1n) is 9.12. The van der Waals surface area contributed by atoms with Crippen molar-refractivity contribution in [2.75, 3.05) is 0 Å². The van der Waals surface area contributed by atoms with E-state index in [4.69, 9.17) is 0 Å². The lowest BCUT2D eigenvalue weighted by molar-refractivity contribution is -0.199. The Hall–Kier alpha value is -0.460. The topological polar surface area (TPSA) is 101 Å². The summed E-state index contributed by atoms with van der Waals surface area (Å²) in [6.45, 7) is 7.36. The second kappa shape index (κ2) is 5.52. The minimum absolute atomic E-state index is 0.109. The molecule has 2 fully saturated rings. The van der Waals surface area contributed by atoms with Crippen LogP contribution in [0.1, 0.15) is 59.8 Å². The molecule has 0 radical (unpaired) electrons. The molecule has 3 rings (SSSR count). The summed E-state index contributed by atoms with van der Waals surface area (Å²) >= 11 is 0. The lowest BCUT2D eigenvalue weighted by Gasteiger charge is -2.60. The minimum Gasteiger partial charge on any atom is -0.392 e. The first-order valence-corrected chi connectivity index (χ1v) is 9.12. The minimum atomic E-state index is -1.21. The average molecular weight is 340 g/mol. The van der Waals surface area contributed by atoms with Crippen molar-refractivity contribution >= 4 is 0 Å². The Morgan fingerprint density at radius 2 is 1.58 bits per heavy atom. The van der Waals surface area contributed by atoms with Gasteiger partial charge >= 0.3 is 0 Å². The predicted octanol–water partition coefficient (Wildman–Crippen LogP) is 1.12. The molecule has 3 aliphatic rings. The molecular formula is C19H32O5. The zero-order chi connectivity index (χ0) is 18.1. The summed E-state index contributed by atoms with van der Waals surface area (Å²) in [5.74, 6) is -0.109. The fourth-order valence-electron chi connectivity index (χ4n) is 5.71. The highest BCUT2D eigenvalue weighted by atomic mass is 16.3. The Balaban J connectivity index is 2.21. The molecule has 138 valence electrons. The quantitative estimate of drug-likeness (QED) is 0.425. The van der Waals surface area contributed by atoms with Crippen molar-refractivity contribution in [1.29, 1.82) is 0 Å². The third-order valence-electron chi connectivity index (χ3n) is 7.74. The Bertz CT molecular complexity index is 556. The summed E-state index contributed by atoms with van der Waals surface area (Å²) in [6, 6.07) is 0. The third-order valence-corrected chi connectivity index (χ3v) is 7.74. The molecule has 0 heterocycles. The monoisotopic (exact) mass is 340 g/mol. The Labute approximate surface area is 144 Å². The van der Waals surface area contributed by atoms with Gasteiger partial charge in [-0.15, -0.1) is 0 Å². The van der Waals surface area contributed by atoms with Crippen LogP contribution in [0.2, 0.25) is 0 Å². The van der Waals surface area contributed by atoms with Crippen LogP contribution in [-0.4, -0.2) is 55.5 Å². The molecule has 2 bridgehead atoms. The van der Waals surface area contributed by atoms with Crippen molar-refractivity contribution in [3.63, 3.8) is 0 Å². The van der Waals surface area contributed by atoms with Gasteiger partial charge in [-0.05, 0) is 43.3 Å². The van der Waals surface area contributed by atoms with E-state index in [1.54, 1.807) is 6.92 Å². The van der Waals surface area contributed by atoms with Crippen LogP contribution < -0.4 is 0 Å². The number of fused-ring (bicyclic) bond motifs is 3. The highest BCUT2D eigenvalue weighted by molar-refractivity contribution is 5.36. The molecule has 0 saturated heterocycles.